The van der Waals surface area contributed by atoms with E-state index in [1.54, 1.807) is 12.1 Å². The van der Waals surface area contributed by atoms with Crippen molar-refractivity contribution in [2.75, 3.05) is 11.9 Å². The van der Waals surface area contributed by atoms with E-state index in [9.17, 15) is 4.79 Å². The highest BCUT2D eigenvalue weighted by Gasteiger charge is 2.21. The number of carbonyl (C=O) groups excluding carboxylic acids is 1. The predicted molar refractivity (Wildman–Crippen MR) is 111 cm³/mol. The molecule has 0 spiro atoms. The van der Waals surface area contributed by atoms with Crippen LogP contribution in [0.5, 0.6) is 5.75 Å². The summed E-state index contributed by atoms with van der Waals surface area (Å²) >= 11 is 0. The Labute approximate surface area is 168 Å². The van der Waals surface area contributed by atoms with Crippen molar-refractivity contribution in [2.24, 2.45) is 10.7 Å². The van der Waals surface area contributed by atoms with Crippen LogP contribution in [0, 0.1) is 0 Å². The monoisotopic (exact) mass is 390 g/mol. The Bertz CT molecular complexity index is 997. The number of amides is 1. The number of anilines is 1. The first kappa shape index (κ1) is 18.6. The molecule has 0 aliphatic carbocycles. The summed E-state index contributed by atoms with van der Waals surface area (Å²) in [5.74, 6) is 1.26. The fourth-order valence-electron chi connectivity index (χ4n) is 3.19. The van der Waals surface area contributed by atoms with Gasteiger partial charge in [-0.3, -0.25) is 4.79 Å². The lowest BCUT2D eigenvalue weighted by molar-refractivity contribution is 0.0996. The zero-order valence-corrected chi connectivity index (χ0v) is 15.8. The molecule has 2 aromatic carbocycles. The summed E-state index contributed by atoms with van der Waals surface area (Å²) in [6.45, 7) is 1.09. The largest absolute Gasteiger partial charge is 0.493 e. The van der Waals surface area contributed by atoms with Crippen LogP contribution in [0.1, 0.15) is 34.1 Å². The Morgan fingerprint density at radius 3 is 2.72 bits per heavy atom. The molecule has 4 N–H and O–H groups in total. The van der Waals surface area contributed by atoms with Crippen LogP contribution in [0.3, 0.4) is 0 Å². The zero-order valence-electron chi connectivity index (χ0n) is 15.8. The molecule has 0 saturated carbocycles. The van der Waals surface area contributed by atoms with Gasteiger partial charge in [-0.2, -0.15) is 0 Å². The number of rotatable bonds is 5. The maximum atomic E-state index is 12.0. The Morgan fingerprint density at radius 2 is 1.93 bits per heavy atom. The number of furan rings is 1. The molecule has 29 heavy (non-hydrogen) atoms. The minimum atomic E-state index is -0.286. The van der Waals surface area contributed by atoms with E-state index in [1.165, 1.54) is 6.26 Å². The number of aliphatic imine (C=N–C) groups is 1. The van der Waals surface area contributed by atoms with Gasteiger partial charge in [0.1, 0.15) is 5.75 Å². The van der Waals surface area contributed by atoms with Crippen LogP contribution in [0.25, 0.3) is 0 Å². The number of para-hydroxylation sites is 1. The highest BCUT2D eigenvalue weighted by molar-refractivity contribution is 6.02. The third kappa shape index (κ3) is 4.57. The van der Waals surface area contributed by atoms with E-state index in [-0.39, 0.29) is 17.7 Å². The van der Waals surface area contributed by atoms with Crippen molar-refractivity contribution in [1.82, 2.24) is 5.32 Å². The van der Waals surface area contributed by atoms with Gasteiger partial charge in [-0.25, -0.2) is 4.99 Å². The van der Waals surface area contributed by atoms with Crippen molar-refractivity contribution in [3.05, 3.63) is 83.8 Å². The van der Waals surface area contributed by atoms with Crippen molar-refractivity contribution in [1.29, 1.82) is 0 Å². The van der Waals surface area contributed by atoms with Crippen LogP contribution >= 0.6 is 0 Å². The quantitative estimate of drug-likeness (QED) is 0.457. The van der Waals surface area contributed by atoms with E-state index in [1.807, 2.05) is 48.5 Å². The average Bonchev–Trinajstić information content (AvgIpc) is 3.29. The van der Waals surface area contributed by atoms with E-state index < -0.39 is 0 Å². The maximum absolute atomic E-state index is 12.0. The number of hydrogen-bond acceptors (Lipinski definition) is 4. The summed E-state index contributed by atoms with van der Waals surface area (Å²) < 4.78 is 10.8. The number of ether oxygens (including phenoxy) is 1. The number of carbonyl (C=O) groups is 1. The van der Waals surface area contributed by atoms with Gasteiger partial charge in [-0.15, -0.1) is 0 Å². The molecule has 7 nitrogen and oxygen atoms in total. The molecule has 0 saturated heterocycles. The summed E-state index contributed by atoms with van der Waals surface area (Å²) in [6.07, 6.45) is 2.30. The van der Waals surface area contributed by atoms with Crippen molar-refractivity contribution < 1.29 is 13.9 Å². The molecule has 7 heteroatoms. The highest BCUT2D eigenvalue weighted by Crippen LogP contribution is 2.31. The molecule has 4 rings (SSSR count). The Hall–Kier alpha value is -3.74. The molecule has 1 unspecified atom stereocenters. The molecule has 148 valence electrons. The molecular weight excluding hydrogens is 368 g/mol. The number of benzene rings is 2. The minimum Gasteiger partial charge on any atom is -0.493 e. The molecule has 1 aliphatic rings. The number of nitrogens with two attached hydrogens (primary N) is 1. The SMILES string of the molecule is NC(=NCc1ccc(NC(=O)c2ccco2)cc1)NC1CCOc2ccccc21. The standard InChI is InChI=1S/C22H22N4O3/c23-22(26-18-11-13-29-19-5-2-1-4-17(18)19)24-14-15-7-9-16(10-8-15)25-21(27)20-6-3-12-28-20/h1-10,12,18H,11,13-14H2,(H,25,27)(H3,23,24,26). The second-order valence-electron chi connectivity index (χ2n) is 6.70. The number of nitrogens with one attached hydrogen (secondary N) is 2. The van der Waals surface area contributed by atoms with Gasteiger partial charge in [0.2, 0.25) is 0 Å². The average molecular weight is 390 g/mol. The van der Waals surface area contributed by atoms with Gasteiger partial charge < -0.3 is 25.5 Å². The van der Waals surface area contributed by atoms with Gasteiger partial charge in [0.25, 0.3) is 5.91 Å². The van der Waals surface area contributed by atoms with Gasteiger partial charge in [0.05, 0.1) is 25.5 Å². The lowest BCUT2D eigenvalue weighted by atomic mass is 10.0. The summed E-state index contributed by atoms with van der Waals surface area (Å²) in [4.78, 5) is 16.4. The minimum absolute atomic E-state index is 0.0860. The molecule has 3 aromatic rings. The van der Waals surface area contributed by atoms with Gasteiger partial charge in [-0.05, 0) is 35.9 Å². The number of fused-ring (bicyclic) bond motifs is 1. The van der Waals surface area contributed by atoms with E-state index in [0.717, 1.165) is 23.3 Å². The van der Waals surface area contributed by atoms with Crippen LogP contribution in [-0.4, -0.2) is 18.5 Å². The first-order valence-corrected chi connectivity index (χ1v) is 9.41. The molecule has 1 atom stereocenters. The fourth-order valence-corrected chi connectivity index (χ4v) is 3.19. The number of guanidine groups is 1. The van der Waals surface area contributed by atoms with Crippen LogP contribution in [0.4, 0.5) is 5.69 Å². The zero-order chi connectivity index (χ0) is 20.1. The van der Waals surface area contributed by atoms with Crippen LogP contribution in [-0.2, 0) is 6.54 Å². The number of hydrogen-bond donors (Lipinski definition) is 3. The summed E-state index contributed by atoms with van der Waals surface area (Å²) in [5.41, 5.74) is 8.85. The van der Waals surface area contributed by atoms with Crippen molar-refractivity contribution in [3.8, 4) is 5.75 Å². The molecular formula is C22H22N4O3. The molecule has 1 aromatic heterocycles. The maximum Gasteiger partial charge on any atom is 0.291 e. The lowest BCUT2D eigenvalue weighted by Crippen LogP contribution is -2.37. The molecule has 0 radical (unpaired) electrons. The van der Waals surface area contributed by atoms with Crippen LogP contribution in [0.2, 0.25) is 0 Å². The van der Waals surface area contributed by atoms with Gasteiger partial charge in [-0.1, -0.05) is 30.3 Å². The third-order valence-electron chi connectivity index (χ3n) is 4.67. The summed E-state index contributed by atoms with van der Waals surface area (Å²) in [7, 11) is 0. The second-order valence-corrected chi connectivity index (χ2v) is 6.70. The first-order chi connectivity index (χ1) is 14.2. The predicted octanol–water partition coefficient (Wildman–Crippen LogP) is 3.46. The second kappa shape index (κ2) is 8.52. The Morgan fingerprint density at radius 1 is 1.10 bits per heavy atom. The van der Waals surface area contributed by atoms with Crippen molar-refractivity contribution in [3.63, 3.8) is 0 Å². The van der Waals surface area contributed by atoms with Gasteiger partial charge in [0.15, 0.2) is 11.7 Å². The normalized spacial score (nSPS) is 15.9. The van der Waals surface area contributed by atoms with Crippen LogP contribution < -0.4 is 21.1 Å². The Kier molecular flexibility index (Phi) is 5.47. The summed E-state index contributed by atoms with van der Waals surface area (Å²) in [6, 6.07) is 18.8. The van der Waals surface area contributed by atoms with Gasteiger partial charge in [0, 0.05) is 17.7 Å². The van der Waals surface area contributed by atoms with E-state index in [0.29, 0.717) is 24.8 Å². The molecule has 2 heterocycles. The van der Waals surface area contributed by atoms with Crippen LogP contribution in [0.15, 0.2) is 76.3 Å². The highest BCUT2D eigenvalue weighted by atomic mass is 16.5. The van der Waals surface area contributed by atoms with E-state index in [4.69, 9.17) is 14.9 Å². The number of nitrogens with zero attached hydrogens (tertiary/aromatic N) is 1. The topological polar surface area (TPSA) is 102 Å². The first-order valence-electron chi connectivity index (χ1n) is 9.41. The Balaban J connectivity index is 1.34. The van der Waals surface area contributed by atoms with Crippen molar-refractivity contribution in [2.45, 2.75) is 19.0 Å². The molecule has 1 amide bonds. The van der Waals surface area contributed by atoms with Crippen molar-refractivity contribution >= 4 is 17.6 Å². The van der Waals surface area contributed by atoms with E-state index >= 15 is 0 Å². The lowest BCUT2D eigenvalue weighted by Gasteiger charge is -2.26. The molecule has 0 bridgehead atoms. The van der Waals surface area contributed by atoms with E-state index in [2.05, 4.69) is 15.6 Å². The molecule has 1 aliphatic heterocycles. The van der Waals surface area contributed by atoms with Gasteiger partial charge >= 0.3 is 0 Å². The third-order valence-corrected chi connectivity index (χ3v) is 4.67. The molecule has 0 fully saturated rings. The fraction of sp³-hybridized carbons (Fsp3) is 0.182. The smallest absolute Gasteiger partial charge is 0.291 e. The summed E-state index contributed by atoms with van der Waals surface area (Å²) in [5, 5.41) is 6.06.